The maximum Gasteiger partial charge on any atom is 0.416 e. The zero-order chi connectivity index (χ0) is 23.1. The molecule has 32 heavy (non-hydrogen) atoms. The van der Waals surface area contributed by atoms with Crippen molar-refractivity contribution in [1.82, 2.24) is 5.43 Å². The molecular weight excluding hydrogens is 445 g/mol. The number of hydrazone groups is 1. The third-order valence-corrected chi connectivity index (χ3v) is 4.73. The molecule has 1 amide bonds. The summed E-state index contributed by atoms with van der Waals surface area (Å²) in [4.78, 5) is 12.1. The number of halogens is 4. The van der Waals surface area contributed by atoms with Gasteiger partial charge in [0.1, 0.15) is 6.61 Å². The Labute approximate surface area is 187 Å². The van der Waals surface area contributed by atoms with E-state index in [0.717, 1.165) is 23.8 Å². The molecule has 0 aromatic heterocycles. The average molecular weight is 463 g/mol. The summed E-state index contributed by atoms with van der Waals surface area (Å²) in [6.07, 6.45) is -3.20. The first kappa shape index (κ1) is 23.1. The van der Waals surface area contributed by atoms with E-state index < -0.39 is 17.6 Å². The number of hydrogen-bond donors (Lipinski definition) is 1. The number of nitrogens with one attached hydrogen (secondary N) is 1. The summed E-state index contributed by atoms with van der Waals surface area (Å²) in [6, 6.07) is 16.4. The van der Waals surface area contributed by atoms with E-state index in [1.165, 1.54) is 19.4 Å². The van der Waals surface area contributed by atoms with Gasteiger partial charge in [-0.15, -0.1) is 0 Å². The summed E-state index contributed by atoms with van der Waals surface area (Å²) in [5.74, 6) is 0.154. The number of ether oxygens (including phenoxy) is 2. The molecule has 0 saturated heterocycles. The minimum absolute atomic E-state index is 0.155. The van der Waals surface area contributed by atoms with Gasteiger partial charge in [0.15, 0.2) is 11.5 Å². The molecular formula is C23H18ClF3N2O3. The summed E-state index contributed by atoms with van der Waals surface area (Å²) < 4.78 is 49.5. The molecule has 0 fully saturated rings. The van der Waals surface area contributed by atoms with Crippen LogP contribution in [0, 0.1) is 0 Å². The molecule has 0 aliphatic heterocycles. The first-order chi connectivity index (χ1) is 15.3. The number of hydrogen-bond acceptors (Lipinski definition) is 4. The van der Waals surface area contributed by atoms with E-state index in [4.69, 9.17) is 21.1 Å². The van der Waals surface area contributed by atoms with Gasteiger partial charge >= 0.3 is 6.18 Å². The Kier molecular flexibility index (Phi) is 7.37. The van der Waals surface area contributed by atoms with E-state index in [2.05, 4.69) is 10.5 Å². The van der Waals surface area contributed by atoms with Crippen molar-refractivity contribution in [2.75, 3.05) is 7.11 Å². The van der Waals surface area contributed by atoms with Crippen LogP contribution in [0.15, 0.2) is 71.8 Å². The predicted octanol–water partition coefficient (Wildman–Crippen LogP) is 5.71. The molecule has 166 valence electrons. The molecule has 0 radical (unpaired) electrons. The maximum atomic E-state index is 12.8. The number of carbonyl (C=O) groups is 1. The molecule has 0 saturated carbocycles. The second-order valence-corrected chi connectivity index (χ2v) is 6.98. The van der Waals surface area contributed by atoms with Crippen molar-refractivity contribution >= 4 is 23.7 Å². The fourth-order valence-electron chi connectivity index (χ4n) is 2.72. The molecule has 0 spiro atoms. The SMILES string of the molecule is COc1cc(C=NNC(=O)c2cccc(C(F)(F)F)c2)ccc1OCc1ccccc1Cl. The maximum absolute atomic E-state index is 12.8. The van der Waals surface area contributed by atoms with Crippen LogP contribution in [0.25, 0.3) is 0 Å². The van der Waals surface area contributed by atoms with Crippen LogP contribution in [0.5, 0.6) is 11.5 Å². The molecule has 0 bridgehead atoms. The lowest BCUT2D eigenvalue weighted by molar-refractivity contribution is -0.137. The van der Waals surface area contributed by atoms with Gasteiger partial charge in [-0.2, -0.15) is 18.3 Å². The van der Waals surface area contributed by atoms with Crippen LogP contribution in [0.3, 0.4) is 0 Å². The molecule has 3 rings (SSSR count). The lowest BCUT2D eigenvalue weighted by atomic mass is 10.1. The molecule has 0 heterocycles. The summed E-state index contributed by atoms with van der Waals surface area (Å²) in [6.45, 7) is 0.247. The van der Waals surface area contributed by atoms with Gasteiger partial charge in [-0.25, -0.2) is 5.43 Å². The standard InChI is InChI=1S/C23H18ClF3N2O3/c1-31-21-11-15(9-10-20(21)32-14-17-5-2-3-8-19(17)24)13-28-29-22(30)16-6-4-7-18(12-16)23(25,26)27/h2-13H,14H2,1H3,(H,29,30). The van der Waals surface area contributed by atoms with Crippen molar-refractivity contribution in [3.8, 4) is 11.5 Å². The highest BCUT2D eigenvalue weighted by Crippen LogP contribution is 2.30. The minimum Gasteiger partial charge on any atom is -0.493 e. The van der Waals surface area contributed by atoms with Crippen LogP contribution in [0.4, 0.5) is 13.2 Å². The molecule has 9 heteroatoms. The Hall–Kier alpha value is -3.52. The topological polar surface area (TPSA) is 59.9 Å². The van der Waals surface area contributed by atoms with Crippen molar-refractivity contribution in [2.24, 2.45) is 5.10 Å². The van der Waals surface area contributed by atoms with E-state index >= 15 is 0 Å². The summed E-state index contributed by atoms with van der Waals surface area (Å²) >= 11 is 6.13. The third-order valence-electron chi connectivity index (χ3n) is 4.36. The Morgan fingerprint density at radius 3 is 2.56 bits per heavy atom. The summed E-state index contributed by atoms with van der Waals surface area (Å²) in [5.41, 5.74) is 2.54. The average Bonchev–Trinajstić information content (AvgIpc) is 2.78. The zero-order valence-corrected chi connectivity index (χ0v) is 17.6. The monoisotopic (exact) mass is 462 g/mol. The second kappa shape index (κ2) is 10.2. The van der Waals surface area contributed by atoms with Gasteiger partial charge in [-0.1, -0.05) is 35.9 Å². The molecule has 1 N–H and O–H groups in total. The van der Waals surface area contributed by atoms with Crippen molar-refractivity contribution in [1.29, 1.82) is 0 Å². The highest BCUT2D eigenvalue weighted by molar-refractivity contribution is 6.31. The fraction of sp³-hybridized carbons (Fsp3) is 0.130. The molecule has 0 aliphatic carbocycles. The zero-order valence-electron chi connectivity index (χ0n) is 16.8. The molecule has 5 nitrogen and oxygen atoms in total. The van der Waals surface area contributed by atoms with Gasteiger partial charge in [-0.3, -0.25) is 4.79 Å². The first-order valence-corrected chi connectivity index (χ1v) is 9.70. The third kappa shape index (κ3) is 6.01. The highest BCUT2D eigenvalue weighted by atomic mass is 35.5. The number of amides is 1. The largest absolute Gasteiger partial charge is 0.493 e. The first-order valence-electron chi connectivity index (χ1n) is 9.33. The summed E-state index contributed by atoms with van der Waals surface area (Å²) in [7, 11) is 1.48. The fourth-order valence-corrected chi connectivity index (χ4v) is 2.91. The number of benzene rings is 3. The van der Waals surface area contributed by atoms with E-state index in [9.17, 15) is 18.0 Å². The Balaban J connectivity index is 1.65. The Morgan fingerprint density at radius 1 is 1.06 bits per heavy atom. The van der Waals surface area contributed by atoms with Crippen LogP contribution in [-0.4, -0.2) is 19.2 Å². The van der Waals surface area contributed by atoms with Gasteiger partial charge < -0.3 is 9.47 Å². The Bertz CT molecular complexity index is 1130. The van der Waals surface area contributed by atoms with Gasteiger partial charge in [0.05, 0.1) is 18.9 Å². The van der Waals surface area contributed by atoms with Crippen molar-refractivity contribution in [3.05, 3.63) is 94.0 Å². The number of alkyl halides is 3. The van der Waals surface area contributed by atoms with E-state index in [1.54, 1.807) is 24.3 Å². The van der Waals surface area contributed by atoms with Gasteiger partial charge in [0, 0.05) is 16.1 Å². The normalized spacial score (nSPS) is 11.4. The van der Waals surface area contributed by atoms with Crippen LogP contribution in [0.2, 0.25) is 5.02 Å². The number of methoxy groups -OCH3 is 1. The molecule has 0 atom stereocenters. The number of carbonyl (C=O) groups excluding carboxylic acids is 1. The molecule has 0 unspecified atom stereocenters. The summed E-state index contributed by atoms with van der Waals surface area (Å²) in [5, 5.41) is 4.39. The van der Waals surface area contributed by atoms with Crippen LogP contribution in [0.1, 0.15) is 27.0 Å². The lowest BCUT2D eigenvalue weighted by Crippen LogP contribution is -2.18. The van der Waals surface area contributed by atoms with E-state index in [0.29, 0.717) is 22.1 Å². The predicted molar refractivity (Wildman–Crippen MR) is 115 cm³/mol. The quantitative estimate of drug-likeness (QED) is 0.361. The van der Waals surface area contributed by atoms with Crippen molar-refractivity contribution in [2.45, 2.75) is 12.8 Å². The molecule has 3 aromatic rings. The van der Waals surface area contributed by atoms with Gasteiger partial charge in [-0.05, 0) is 48.0 Å². The van der Waals surface area contributed by atoms with Gasteiger partial charge in [0.25, 0.3) is 5.91 Å². The number of nitrogens with zero attached hydrogens (tertiary/aromatic N) is 1. The van der Waals surface area contributed by atoms with Crippen LogP contribution < -0.4 is 14.9 Å². The van der Waals surface area contributed by atoms with E-state index in [-0.39, 0.29) is 12.2 Å². The van der Waals surface area contributed by atoms with Crippen molar-refractivity contribution in [3.63, 3.8) is 0 Å². The minimum atomic E-state index is -4.54. The van der Waals surface area contributed by atoms with Gasteiger partial charge in [0.2, 0.25) is 0 Å². The molecule has 0 aliphatic rings. The smallest absolute Gasteiger partial charge is 0.416 e. The van der Waals surface area contributed by atoms with Crippen LogP contribution >= 0.6 is 11.6 Å². The lowest BCUT2D eigenvalue weighted by Gasteiger charge is -2.12. The van der Waals surface area contributed by atoms with E-state index in [1.807, 2.05) is 18.2 Å². The Morgan fingerprint density at radius 2 is 1.84 bits per heavy atom. The highest BCUT2D eigenvalue weighted by Gasteiger charge is 2.30. The number of rotatable bonds is 7. The van der Waals surface area contributed by atoms with Crippen LogP contribution in [-0.2, 0) is 12.8 Å². The second-order valence-electron chi connectivity index (χ2n) is 6.57. The van der Waals surface area contributed by atoms with Crippen molar-refractivity contribution < 1.29 is 27.4 Å². The molecule has 3 aromatic carbocycles.